The van der Waals surface area contributed by atoms with Crippen molar-refractivity contribution < 1.29 is 14.3 Å². The molecule has 0 bridgehead atoms. The monoisotopic (exact) mass is 446 g/mol. The van der Waals surface area contributed by atoms with Crippen LogP contribution in [0.2, 0.25) is 15.1 Å². The van der Waals surface area contributed by atoms with Gasteiger partial charge in [-0.1, -0.05) is 46.9 Å². The molecular formula is C21H13Cl3N2O3. The summed E-state index contributed by atoms with van der Waals surface area (Å²) in [6, 6.07) is 17.6. The largest absolute Gasteiger partial charge is 0.423 e. The molecule has 8 heteroatoms. The Hall–Kier alpha value is -2.86. The molecule has 0 fully saturated rings. The molecule has 5 nitrogen and oxygen atoms in total. The number of nitrogens with zero attached hydrogens (tertiary/aromatic N) is 1. The fourth-order valence-corrected chi connectivity index (χ4v) is 2.92. The van der Waals surface area contributed by atoms with E-state index in [2.05, 4.69) is 10.5 Å². The number of carbonyl (C=O) groups is 2. The summed E-state index contributed by atoms with van der Waals surface area (Å²) in [5, 5.41) is 5.07. The molecule has 0 radical (unpaired) electrons. The molecule has 1 amide bonds. The molecule has 0 atom stereocenters. The lowest BCUT2D eigenvalue weighted by Gasteiger charge is -2.07. The van der Waals surface area contributed by atoms with Crippen molar-refractivity contribution in [3.8, 4) is 5.75 Å². The van der Waals surface area contributed by atoms with Crippen molar-refractivity contribution in [3.05, 3.63) is 98.5 Å². The van der Waals surface area contributed by atoms with Gasteiger partial charge in [0.1, 0.15) is 5.75 Å². The van der Waals surface area contributed by atoms with Gasteiger partial charge in [-0.25, -0.2) is 10.2 Å². The summed E-state index contributed by atoms with van der Waals surface area (Å²) >= 11 is 17.7. The lowest BCUT2D eigenvalue weighted by atomic mass is 10.2. The van der Waals surface area contributed by atoms with Crippen LogP contribution in [0.4, 0.5) is 0 Å². The van der Waals surface area contributed by atoms with Crippen molar-refractivity contribution >= 4 is 52.9 Å². The maximum absolute atomic E-state index is 12.3. The molecule has 3 aromatic rings. The molecule has 146 valence electrons. The van der Waals surface area contributed by atoms with Gasteiger partial charge in [0.25, 0.3) is 5.91 Å². The summed E-state index contributed by atoms with van der Waals surface area (Å²) in [7, 11) is 0. The van der Waals surface area contributed by atoms with Crippen molar-refractivity contribution in [1.82, 2.24) is 5.43 Å². The highest BCUT2D eigenvalue weighted by atomic mass is 35.5. The molecule has 1 N–H and O–H groups in total. The number of hydrogen-bond acceptors (Lipinski definition) is 4. The molecule has 0 aliphatic carbocycles. The van der Waals surface area contributed by atoms with Crippen LogP contribution in [-0.4, -0.2) is 18.1 Å². The first-order chi connectivity index (χ1) is 13.9. The molecule has 0 unspecified atom stereocenters. The van der Waals surface area contributed by atoms with Crippen LogP contribution in [0.25, 0.3) is 0 Å². The number of carbonyl (C=O) groups excluding carboxylic acids is 2. The predicted octanol–water partition coefficient (Wildman–Crippen LogP) is 5.63. The van der Waals surface area contributed by atoms with Crippen molar-refractivity contribution in [2.75, 3.05) is 0 Å². The first-order valence-electron chi connectivity index (χ1n) is 8.28. The fraction of sp³-hybridized carbons (Fsp3) is 0. The molecule has 0 aromatic heterocycles. The topological polar surface area (TPSA) is 67.8 Å². The Bertz CT molecular complexity index is 1080. The van der Waals surface area contributed by atoms with Crippen LogP contribution >= 0.6 is 34.8 Å². The van der Waals surface area contributed by atoms with Crippen LogP contribution in [0.5, 0.6) is 5.75 Å². The van der Waals surface area contributed by atoms with E-state index in [0.717, 1.165) is 0 Å². The van der Waals surface area contributed by atoms with Gasteiger partial charge in [0.2, 0.25) is 0 Å². The van der Waals surface area contributed by atoms with Gasteiger partial charge in [0, 0.05) is 15.6 Å². The minimum atomic E-state index is -0.614. The van der Waals surface area contributed by atoms with Crippen LogP contribution in [0.3, 0.4) is 0 Å². The minimum absolute atomic E-state index is 0.199. The number of ether oxygens (including phenoxy) is 1. The number of rotatable bonds is 5. The maximum atomic E-state index is 12.3. The summed E-state index contributed by atoms with van der Waals surface area (Å²) in [6.45, 7) is 0. The number of nitrogens with one attached hydrogen (secondary N) is 1. The number of amides is 1. The number of hydrogen-bond donors (Lipinski definition) is 1. The summed E-state index contributed by atoms with van der Waals surface area (Å²) in [6.07, 6.45) is 1.43. The van der Waals surface area contributed by atoms with Gasteiger partial charge in [-0.15, -0.1) is 0 Å². The van der Waals surface area contributed by atoms with E-state index in [1.807, 2.05) is 0 Å². The van der Waals surface area contributed by atoms with Crippen LogP contribution < -0.4 is 10.2 Å². The molecule has 0 aliphatic heterocycles. The van der Waals surface area contributed by atoms with Crippen molar-refractivity contribution in [1.29, 1.82) is 0 Å². The molecule has 3 rings (SSSR count). The van der Waals surface area contributed by atoms with Gasteiger partial charge in [-0.2, -0.15) is 5.10 Å². The van der Waals surface area contributed by atoms with Crippen LogP contribution in [-0.2, 0) is 0 Å². The molecule has 0 saturated carbocycles. The zero-order chi connectivity index (χ0) is 20.8. The average Bonchev–Trinajstić information content (AvgIpc) is 2.68. The van der Waals surface area contributed by atoms with Crippen LogP contribution in [0.1, 0.15) is 26.3 Å². The summed E-state index contributed by atoms with van der Waals surface area (Å²) in [5.41, 5.74) is 3.66. The molecular weight excluding hydrogens is 435 g/mol. The second kappa shape index (κ2) is 9.56. The fourth-order valence-electron chi connectivity index (χ4n) is 2.31. The summed E-state index contributed by atoms with van der Waals surface area (Å²) in [5.74, 6) is -0.691. The first-order valence-corrected chi connectivity index (χ1v) is 9.42. The van der Waals surface area contributed by atoms with Crippen LogP contribution in [0.15, 0.2) is 71.8 Å². The Morgan fingerprint density at radius 1 is 0.897 bits per heavy atom. The number of benzene rings is 3. The van der Waals surface area contributed by atoms with E-state index in [9.17, 15) is 9.59 Å². The Morgan fingerprint density at radius 3 is 2.34 bits per heavy atom. The molecule has 0 heterocycles. The van der Waals surface area contributed by atoms with E-state index in [0.29, 0.717) is 26.9 Å². The zero-order valence-corrected chi connectivity index (χ0v) is 17.0. The highest BCUT2D eigenvalue weighted by Gasteiger charge is 2.13. The van der Waals surface area contributed by atoms with E-state index in [4.69, 9.17) is 39.5 Å². The summed E-state index contributed by atoms with van der Waals surface area (Å²) in [4.78, 5) is 24.3. The van der Waals surface area contributed by atoms with Gasteiger partial charge >= 0.3 is 5.97 Å². The lowest BCUT2D eigenvalue weighted by Crippen LogP contribution is -2.17. The molecule has 0 spiro atoms. The first kappa shape index (κ1) is 20.9. The molecule has 3 aromatic carbocycles. The maximum Gasteiger partial charge on any atom is 0.345 e. The zero-order valence-electron chi connectivity index (χ0n) is 14.7. The van der Waals surface area contributed by atoms with E-state index in [1.165, 1.54) is 18.3 Å². The number of halogens is 3. The third-order valence-corrected chi connectivity index (χ3v) is 4.51. The second-order valence-electron chi connectivity index (χ2n) is 5.79. The predicted molar refractivity (Wildman–Crippen MR) is 114 cm³/mol. The lowest BCUT2D eigenvalue weighted by molar-refractivity contribution is 0.0734. The van der Waals surface area contributed by atoms with Gasteiger partial charge in [0.05, 0.1) is 16.8 Å². The Labute approximate surface area is 181 Å². The van der Waals surface area contributed by atoms with E-state index in [-0.39, 0.29) is 16.5 Å². The Kier molecular flexibility index (Phi) is 6.88. The van der Waals surface area contributed by atoms with Crippen molar-refractivity contribution in [2.24, 2.45) is 5.10 Å². The summed E-state index contributed by atoms with van der Waals surface area (Å²) < 4.78 is 5.34. The average molecular weight is 448 g/mol. The normalized spacial score (nSPS) is 10.7. The highest BCUT2D eigenvalue weighted by molar-refractivity contribution is 6.36. The van der Waals surface area contributed by atoms with E-state index >= 15 is 0 Å². The van der Waals surface area contributed by atoms with Gasteiger partial charge in [0.15, 0.2) is 0 Å². The van der Waals surface area contributed by atoms with Crippen molar-refractivity contribution in [3.63, 3.8) is 0 Å². The Morgan fingerprint density at radius 2 is 1.62 bits per heavy atom. The molecule has 0 aliphatic rings. The van der Waals surface area contributed by atoms with Gasteiger partial charge in [-0.3, -0.25) is 4.79 Å². The SMILES string of the molecule is O=C(NN=Cc1cccc(OC(=O)c2ccc(Cl)cc2Cl)c1)c1ccc(Cl)cc1. The second-order valence-corrected chi connectivity index (χ2v) is 7.07. The smallest absolute Gasteiger partial charge is 0.345 e. The Balaban J connectivity index is 1.64. The van der Waals surface area contributed by atoms with Gasteiger partial charge in [-0.05, 0) is 60.2 Å². The standard InChI is InChI=1S/C21H13Cl3N2O3/c22-15-6-4-14(5-7-15)20(27)26-25-12-13-2-1-3-17(10-13)29-21(28)18-9-8-16(23)11-19(18)24/h1-12H,(H,26,27). The molecule has 29 heavy (non-hydrogen) atoms. The van der Waals surface area contributed by atoms with Crippen LogP contribution in [0, 0.1) is 0 Å². The van der Waals surface area contributed by atoms with E-state index < -0.39 is 5.97 Å². The molecule has 0 saturated heterocycles. The van der Waals surface area contributed by atoms with Crippen molar-refractivity contribution in [2.45, 2.75) is 0 Å². The minimum Gasteiger partial charge on any atom is -0.423 e. The third kappa shape index (κ3) is 5.81. The van der Waals surface area contributed by atoms with Gasteiger partial charge < -0.3 is 4.74 Å². The number of esters is 1. The quantitative estimate of drug-likeness (QED) is 0.238. The third-order valence-electron chi connectivity index (χ3n) is 3.71. The number of hydrazone groups is 1. The highest BCUT2D eigenvalue weighted by Crippen LogP contribution is 2.23. The van der Waals surface area contributed by atoms with E-state index in [1.54, 1.807) is 54.6 Å².